The van der Waals surface area contributed by atoms with Crippen LogP contribution in [-0.2, 0) is 10.0 Å². The van der Waals surface area contributed by atoms with Gasteiger partial charge < -0.3 is 5.73 Å². The van der Waals surface area contributed by atoms with Crippen LogP contribution >= 0.6 is 34.8 Å². The summed E-state index contributed by atoms with van der Waals surface area (Å²) in [6.45, 7) is 0. The molecule has 2 aromatic carbocycles. The van der Waals surface area contributed by atoms with Gasteiger partial charge in [0.1, 0.15) is 4.90 Å². The molecule has 3 N–H and O–H groups in total. The van der Waals surface area contributed by atoms with Crippen LogP contribution in [0.5, 0.6) is 0 Å². The van der Waals surface area contributed by atoms with Gasteiger partial charge in [-0.25, -0.2) is 8.42 Å². The minimum absolute atomic E-state index is 0.0446. The third-order valence-electron chi connectivity index (χ3n) is 2.43. The normalized spacial score (nSPS) is 11.3. The van der Waals surface area contributed by atoms with Gasteiger partial charge in [-0.05, 0) is 36.4 Å². The molecule has 8 heteroatoms. The second kappa shape index (κ2) is 5.69. The van der Waals surface area contributed by atoms with Gasteiger partial charge in [0.05, 0.1) is 16.4 Å². The molecule has 0 amide bonds. The van der Waals surface area contributed by atoms with E-state index in [2.05, 4.69) is 4.72 Å². The van der Waals surface area contributed by atoms with Crippen LogP contribution in [0.1, 0.15) is 0 Å². The third kappa shape index (κ3) is 3.30. The van der Waals surface area contributed by atoms with Crippen molar-refractivity contribution in [2.75, 3.05) is 10.5 Å². The highest BCUT2D eigenvalue weighted by Crippen LogP contribution is 2.29. The van der Waals surface area contributed by atoms with Crippen LogP contribution in [-0.4, -0.2) is 8.42 Å². The Labute approximate surface area is 131 Å². The van der Waals surface area contributed by atoms with E-state index in [1.165, 1.54) is 30.3 Å². The molecule has 0 aliphatic carbocycles. The molecule has 0 heterocycles. The number of sulfonamides is 1. The second-order valence-corrected chi connectivity index (χ2v) is 6.84. The molecule has 106 valence electrons. The summed E-state index contributed by atoms with van der Waals surface area (Å²) in [5, 5.41) is 0.934. The van der Waals surface area contributed by atoms with Crippen LogP contribution in [0.4, 0.5) is 11.4 Å². The van der Waals surface area contributed by atoms with Crippen molar-refractivity contribution in [3.05, 3.63) is 51.5 Å². The molecular weight excluding hydrogens is 343 g/mol. The van der Waals surface area contributed by atoms with Gasteiger partial charge in [0.25, 0.3) is 10.0 Å². The van der Waals surface area contributed by atoms with Crippen molar-refractivity contribution in [3.63, 3.8) is 0 Å². The van der Waals surface area contributed by atoms with Crippen LogP contribution in [0.2, 0.25) is 15.1 Å². The zero-order chi connectivity index (χ0) is 14.9. The number of benzene rings is 2. The first-order chi connectivity index (χ1) is 9.29. The number of nitrogen functional groups attached to an aromatic ring is 1. The van der Waals surface area contributed by atoms with Crippen molar-refractivity contribution in [1.29, 1.82) is 0 Å². The summed E-state index contributed by atoms with van der Waals surface area (Å²) >= 11 is 17.5. The van der Waals surface area contributed by atoms with Crippen LogP contribution in [0.15, 0.2) is 41.3 Å². The molecule has 0 saturated carbocycles. The van der Waals surface area contributed by atoms with Crippen molar-refractivity contribution in [1.82, 2.24) is 0 Å². The standard InChI is InChI=1S/C12H9Cl3N2O2S/c13-7-2-4-12(10(16)5-7)20(18,19)17-11-6-8(14)1-3-9(11)15/h1-6,17H,16H2. The van der Waals surface area contributed by atoms with Crippen molar-refractivity contribution < 1.29 is 8.42 Å². The summed E-state index contributed by atoms with van der Waals surface area (Å²) in [4.78, 5) is -0.0852. The lowest BCUT2D eigenvalue weighted by Gasteiger charge is -2.11. The highest BCUT2D eigenvalue weighted by atomic mass is 35.5. The average Bonchev–Trinajstić information content (AvgIpc) is 2.33. The quantitative estimate of drug-likeness (QED) is 0.820. The van der Waals surface area contributed by atoms with Crippen molar-refractivity contribution in [3.8, 4) is 0 Å². The summed E-state index contributed by atoms with van der Waals surface area (Å²) < 4.78 is 26.9. The minimum atomic E-state index is -3.88. The number of halogens is 3. The lowest BCUT2D eigenvalue weighted by atomic mass is 10.3. The molecule has 4 nitrogen and oxygen atoms in total. The number of nitrogens with one attached hydrogen (secondary N) is 1. The SMILES string of the molecule is Nc1cc(Cl)ccc1S(=O)(=O)Nc1cc(Cl)ccc1Cl. The van der Waals surface area contributed by atoms with E-state index in [0.29, 0.717) is 10.0 Å². The number of anilines is 2. The molecule has 0 atom stereocenters. The largest absolute Gasteiger partial charge is 0.398 e. The van der Waals surface area contributed by atoms with E-state index in [1.54, 1.807) is 6.07 Å². The lowest BCUT2D eigenvalue weighted by molar-refractivity contribution is 0.601. The molecule has 0 saturated heterocycles. The fraction of sp³-hybridized carbons (Fsp3) is 0. The van der Waals surface area contributed by atoms with Crippen molar-refractivity contribution >= 4 is 56.2 Å². The Hall–Kier alpha value is -1.14. The second-order valence-electron chi connectivity index (χ2n) is 3.91. The van der Waals surface area contributed by atoms with Gasteiger partial charge in [-0.15, -0.1) is 0 Å². The first-order valence-corrected chi connectivity index (χ1v) is 7.94. The highest BCUT2D eigenvalue weighted by Gasteiger charge is 2.19. The van der Waals surface area contributed by atoms with E-state index in [-0.39, 0.29) is 21.3 Å². The van der Waals surface area contributed by atoms with Crippen LogP contribution in [0.3, 0.4) is 0 Å². The maximum Gasteiger partial charge on any atom is 0.263 e. The Bertz CT molecular complexity index is 763. The minimum Gasteiger partial charge on any atom is -0.398 e. The first kappa shape index (κ1) is 15.3. The van der Waals surface area contributed by atoms with Gasteiger partial charge in [-0.2, -0.15) is 0 Å². The maximum atomic E-state index is 12.3. The van der Waals surface area contributed by atoms with Crippen molar-refractivity contribution in [2.24, 2.45) is 0 Å². The Morgan fingerprint density at radius 3 is 2.20 bits per heavy atom. The molecule has 0 unspecified atom stereocenters. The third-order valence-corrected chi connectivity index (χ3v) is 4.67. The molecule has 0 bridgehead atoms. The molecule has 0 radical (unpaired) electrons. The molecule has 2 aromatic rings. The number of hydrogen-bond donors (Lipinski definition) is 2. The topological polar surface area (TPSA) is 72.2 Å². The predicted octanol–water partition coefficient (Wildman–Crippen LogP) is 4.03. The van der Waals surface area contributed by atoms with E-state index in [1.807, 2.05) is 0 Å². The van der Waals surface area contributed by atoms with Gasteiger partial charge in [0.2, 0.25) is 0 Å². The van der Waals surface area contributed by atoms with E-state index >= 15 is 0 Å². The Balaban J connectivity index is 2.43. The zero-order valence-electron chi connectivity index (χ0n) is 9.90. The number of hydrogen-bond acceptors (Lipinski definition) is 3. The summed E-state index contributed by atoms with van der Waals surface area (Å²) in [5.41, 5.74) is 5.89. The zero-order valence-corrected chi connectivity index (χ0v) is 13.0. The van der Waals surface area contributed by atoms with Crippen LogP contribution in [0, 0.1) is 0 Å². The molecule has 2 rings (SSSR count). The van der Waals surface area contributed by atoms with E-state index in [0.717, 1.165) is 0 Å². The molecule has 0 aliphatic rings. The van der Waals surface area contributed by atoms with Crippen LogP contribution in [0.25, 0.3) is 0 Å². The Morgan fingerprint density at radius 2 is 1.55 bits per heavy atom. The smallest absolute Gasteiger partial charge is 0.263 e. The average molecular weight is 352 g/mol. The van der Waals surface area contributed by atoms with E-state index in [4.69, 9.17) is 40.5 Å². The van der Waals surface area contributed by atoms with Gasteiger partial charge in [-0.3, -0.25) is 4.72 Å². The monoisotopic (exact) mass is 350 g/mol. The summed E-state index contributed by atoms with van der Waals surface area (Å²) in [6, 6.07) is 8.57. The summed E-state index contributed by atoms with van der Waals surface area (Å²) in [6.07, 6.45) is 0. The van der Waals surface area contributed by atoms with Gasteiger partial charge >= 0.3 is 0 Å². The number of rotatable bonds is 3. The van der Waals surface area contributed by atoms with Gasteiger partial charge in [-0.1, -0.05) is 34.8 Å². The van der Waals surface area contributed by atoms with E-state index < -0.39 is 10.0 Å². The predicted molar refractivity (Wildman–Crippen MR) is 83.1 cm³/mol. The molecule has 0 fully saturated rings. The Kier molecular flexibility index (Phi) is 4.34. The lowest BCUT2D eigenvalue weighted by Crippen LogP contribution is -2.15. The first-order valence-electron chi connectivity index (χ1n) is 5.32. The Morgan fingerprint density at radius 1 is 0.950 bits per heavy atom. The molecule has 0 aromatic heterocycles. The molecular formula is C12H9Cl3N2O2S. The van der Waals surface area contributed by atoms with Gasteiger partial charge in [0, 0.05) is 10.0 Å². The van der Waals surface area contributed by atoms with Gasteiger partial charge in [0.15, 0.2) is 0 Å². The summed E-state index contributed by atoms with van der Waals surface area (Å²) in [5.74, 6) is 0. The summed E-state index contributed by atoms with van der Waals surface area (Å²) in [7, 11) is -3.88. The van der Waals surface area contributed by atoms with Crippen molar-refractivity contribution in [2.45, 2.75) is 4.90 Å². The van der Waals surface area contributed by atoms with E-state index in [9.17, 15) is 8.42 Å². The van der Waals surface area contributed by atoms with Crippen LogP contribution < -0.4 is 10.5 Å². The molecule has 0 aliphatic heterocycles. The number of nitrogens with two attached hydrogens (primary N) is 1. The fourth-order valence-corrected chi connectivity index (χ4v) is 3.30. The molecule has 0 spiro atoms. The highest BCUT2D eigenvalue weighted by molar-refractivity contribution is 7.92. The maximum absolute atomic E-state index is 12.3. The molecule has 20 heavy (non-hydrogen) atoms. The fourth-order valence-electron chi connectivity index (χ4n) is 1.54.